The Morgan fingerprint density at radius 1 is 1.33 bits per heavy atom. The van der Waals surface area contributed by atoms with E-state index in [4.69, 9.17) is 4.99 Å². The monoisotopic (exact) mass is 308 g/mol. The zero-order valence-electron chi connectivity index (χ0n) is 13.9. The number of aromatic nitrogens is 1. The standard InChI is InChI=1S/C16H28N4S/c1-6-17-16(20-9-11(2)7-12(3)10-20)18-8-15-19-13(4)14(5)21-15/h11-12H,6-10H2,1-5H3,(H,17,18). The highest BCUT2D eigenvalue weighted by molar-refractivity contribution is 7.11. The average molecular weight is 308 g/mol. The maximum absolute atomic E-state index is 4.81. The molecule has 0 radical (unpaired) electrons. The predicted molar refractivity (Wildman–Crippen MR) is 90.9 cm³/mol. The van der Waals surface area contributed by atoms with Crippen molar-refractivity contribution in [3.05, 3.63) is 15.6 Å². The molecule has 2 unspecified atom stereocenters. The van der Waals surface area contributed by atoms with Crippen molar-refractivity contribution in [1.82, 2.24) is 15.2 Å². The summed E-state index contributed by atoms with van der Waals surface area (Å²) in [6, 6.07) is 0. The summed E-state index contributed by atoms with van der Waals surface area (Å²) in [6.07, 6.45) is 1.32. The molecule has 5 heteroatoms. The molecule has 2 atom stereocenters. The van der Waals surface area contributed by atoms with Crippen LogP contribution in [0.5, 0.6) is 0 Å². The van der Waals surface area contributed by atoms with Gasteiger partial charge in [-0.2, -0.15) is 0 Å². The molecule has 1 aliphatic rings. The molecule has 1 fully saturated rings. The summed E-state index contributed by atoms with van der Waals surface area (Å²) in [5.74, 6) is 2.52. The van der Waals surface area contributed by atoms with E-state index in [-0.39, 0.29) is 0 Å². The van der Waals surface area contributed by atoms with Gasteiger partial charge < -0.3 is 10.2 Å². The summed E-state index contributed by atoms with van der Waals surface area (Å²) in [7, 11) is 0. The highest BCUT2D eigenvalue weighted by atomic mass is 32.1. The molecule has 1 saturated heterocycles. The fraction of sp³-hybridized carbons (Fsp3) is 0.750. The van der Waals surface area contributed by atoms with Crippen LogP contribution in [0.1, 0.15) is 42.8 Å². The van der Waals surface area contributed by atoms with Crippen LogP contribution in [0.25, 0.3) is 0 Å². The SMILES string of the molecule is CCNC(=NCc1nc(C)c(C)s1)N1CC(C)CC(C)C1. The van der Waals surface area contributed by atoms with Gasteiger partial charge >= 0.3 is 0 Å². The van der Waals surface area contributed by atoms with E-state index in [1.54, 1.807) is 11.3 Å². The molecule has 4 nitrogen and oxygen atoms in total. The van der Waals surface area contributed by atoms with Crippen LogP contribution in [0.4, 0.5) is 0 Å². The summed E-state index contributed by atoms with van der Waals surface area (Å²) in [6.45, 7) is 14.8. The highest BCUT2D eigenvalue weighted by Crippen LogP contribution is 2.21. The molecular weight excluding hydrogens is 280 g/mol. The predicted octanol–water partition coefficient (Wildman–Crippen LogP) is 3.20. The number of guanidine groups is 1. The quantitative estimate of drug-likeness (QED) is 0.688. The number of rotatable bonds is 3. The maximum Gasteiger partial charge on any atom is 0.194 e. The first-order chi connectivity index (χ1) is 9.99. The molecule has 1 aliphatic heterocycles. The van der Waals surface area contributed by atoms with E-state index in [0.29, 0.717) is 6.54 Å². The minimum atomic E-state index is 0.681. The van der Waals surface area contributed by atoms with Crippen molar-refractivity contribution < 1.29 is 0 Å². The molecule has 0 saturated carbocycles. The summed E-state index contributed by atoms with van der Waals surface area (Å²) >= 11 is 1.76. The van der Waals surface area contributed by atoms with Gasteiger partial charge in [-0.25, -0.2) is 9.98 Å². The molecule has 2 heterocycles. The van der Waals surface area contributed by atoms with Gasteiger partial charge in [0.2, 0.25) is 0 Å². The molecule has 1 aromatic rings. The lowest BCUT2D eigenvalue weighted by molar-refractivity contribution is 0.208. The van der Waals surface area contributed by atoms with Crippen molar-refractivity contribution in [1.29, 1.82) is 0 Å². The van der Waals surface area contributed by atoms with Gasteiger partial charge in [0.05, 0.1) is 12.2 Å². The van der Waals surface area contributed by atoms with Crippen molar-refractivity contribution >= 4 is 17.3 Å². The Hall–Kier alpha value is -1.10. The van der Waals surface area contributed by atoms with Crippen molar-refractivity contribution in [2.24, 2.45) is 16.8 Å². The first kappa shape index (κ1) is 16.3. The van der Waals surface area contributed by atoms with Gasteiger partial charge in [0, 0.05) is 24.5 Å². The van der Waals surface area contributed by atoms with E-state index in [1.165, 1.54) is 11.3 Å². The molecule has 1 aromatic heterocycles. The van der Waals surface area contributed by atoms with Crippen LogP contribution >= 0.6 is 11.3 Å². The van der Waals surface area contributed by atoms with E-state index in [0.717, 1.165) is 48.1 Å². The maximum atomic E-state index is 4.81. The molecule has 2 rings (SSSR count). The summed E-state index contributed by atoms with van der Waals surface area (Å²) < 4.78 is 0. The van der Waals surface area contributed by atoms with E-state index in [1.807, 2.05) is 0 Å². The molecule has 0 spiro atoms. The van der Waals surface area contributed by atoms with E-state index >= 15 is 0 Å². The Labute approximate surface area is 132 Å². The molecule has 21 heavy (non-hydrogen) atoms. The van der Waals surface area contributed by atoms with Gasteiger partial charge in [-0.1, -0.05) is 13.8 Å². The second-order valence-corrected chi connectivity index (χ2v) is 7.56. The van der Waals surface area contributed by atoms with Crippen molar-refractivity contribution in [3.8, 4) is 0 Å². The van der Waals surface area contributed by atoms with Gasteiger partial charge in [-0.3, -0.25) is 0 Å². The lowest BCUT2D eigenvalue weighted by Crippen LogP contribution is -2.48. The number of hydrogen-bond donors (Lipinski definition) is 1. The Balaban J connectivity index is 2.08. The minimum absolute atomic E-state index is 0.681. The largest absolute Gasteiger partial charge is 0.357 e. The van der Waals surface area contributed by atoms with Crippen LogP contribution in [0, 0.1) is 25.7 Å². The van der Waals surface area contributed by atoms with Gasteiger partial charge in [0.25, 0.3) is 0 Å². The smallest absolute Gasteiger partial charge is 0.194 e. The first-order valence-corrected chi connectivity index (χ1v) is 8.77. The normalized spacial score (nSPS) is 23.5. The number of nitrogens with one attached hydrogen (secondary N) is 1. The first-order valence-electron chi connectivity index (χ1n) is 7.95. The van der Waals surface area contributed by atoms with E-state index in [2.05, 4.69) is 49.8 Å². The Kier molecular flexibility index (Phi) is 5.62. The Morgan fingerprint density at radius 2 is 2.00 bits per heavy atom. The number of aliphatic imine (C=N–C) groups is 1. The third-order valence-electron chi connectivity index (χ3n) is 3.94. The molecule has 0 amide bonds. The van der Waals surface area contributed by atoms with Gasteiger partial charge in [0.15, 0.2) is 5.96 Å². The van der Waals surface area contributed by atoms with Crippen LogP contribution in [-0.2, 0) is 6.54 Å². The number of likely N-dealkylation sites (tertiary alicyclic amines) is 1. The molecule has 0 aliphatic carbocycles. The Bertz CT molecular complexity index is 465. The van der Waals surface area contributed by atoms with Crippen molar-refractivity contribution in [2.75, 3.05) is 19.6 Å². The lowest BCUT2D eigenvalue weighted by atomic mass is 9.92. The zero-order valence-corrected chi connectivity index (χ0v) is 14.8. The van der Waals surface area contributed by atoms with E-state index in [9.17, 15) is 0 Å². The minimum Gasteiger partial charge on any atom is -0.357 e. The molecule has 0 aromatic carbocycles. The molecule has 118 valence electrons. The van der Waals surface area contributed by atoms with Crippen LogP contribution in [-0.4, -0.2) is 35.5 Å². The van der Waals surface area contributed by atoms with Crippen molar-refractivity contribution in [2.45, 2.75) is 47.6 Å². The fourth-order valence-electron chi connectivity index (χ4n) is 3.01. The Morgan fingerprint density at radius 3 is 2.52 bits per heavy atom. The third-order valence-corrected chi connectivity index (χ3v) is 5.00. The number of piperidine rings is 1. The summed E-state index contributed by atoms with van der Waals surface area (Å²) in [4.78, 5) is 13.1. The fourth-order valence-corrected chi connectivity index (χ4v) is 3.87. The highest BCUT2D eigenvalue weighted by Gasteiger charge is 2.24. The third kappa shape index (κ3) is 4.43. The lowest BCUT2D eigenvalue weighted by Gasteiger charge is -2.37. The van der Waals surface area contributed by atoms with Gasteiger partial charge in [0.1, 0.15) is 5.01 Å². The second-order valence-electron chi connectivity index (χ2n) is 6.27. The van der Waals surface area contributed by atoms with Crippen molar-refractivity contribution in [3.63, 3.8) is 0 Å². The summed E-state index contributed by atoms with van der Waals surface area (Å²) in [5.41, 5.74) is 1.13. The van der Waals surface area contributed by atoms with Crippen LogP contribution in [0.3, 0.4) is 0 Å². The van der Waals surface area contributed by atoms with Gasteiger partial charge in [-0.15, -0.1) is 11.3 Å². The molecule has 1 N–H and O–H groups in total. The van der Waals surface area contributed by atoms with E-state index < -0.39 is 0 Å². The average Bonchev–Trinajstić information content (AvgIpc) is 2.72. The topological polar surface area (TPSA) is 40.5 Å². The number of hydrogen-bond acceptors (Lipinski definition) is 3. The number of nitrogens with zero attached hydrogens (tertiary/aromatic N) is 3. The number of thiazole rings is 1. The van der Waals surface area contributed by atoms with Crippen LogP contribution in [0.2, 0.25) is 0 Å². The molecule has 0 bridgehead atoms. The zero-order chi connectivity index (χ0) is 15.4. The van der Waals surface area contributed by atoms with Crippen LogP contribution < -0.4 is 5.32 Å². The second kappa shape index (κ2) is 7.25. The summed E-state index contributed by atoms with van der Waals surface area (Å²) in [5, 5.41) is 4.55. The number of aryl methyl sites for hydroxylation is 2. The van der Waals surface area contributed by atoms with Crippen LogP contribution in [0.15, 0.2) is 4.99 Å². The van der Waals surface area contributed by atoms with Gasteiger partial charge in [-0.05, 0) is 39.0 Å². The molecular formula is C16H28N4S.